The van der Waals surface area contributed by atoms with Crippen molar-refractivity contribution in [3.63, 3.8) is 0 Å². The SMILES string of the molecule is C=C[C@@H](O)CC(=S)NOS(=O)(=O)[O-]. The van der Waals surface area contributed by atoms with Crippen molar-refractivity contribution in [2.75, 3.05) is 0 Å². The minimum atomic E-state index is -4.82. The standard InChI is InChI=1S/C5H9NO5S2/c1-2-4(7)3-5(12)6-11-13(8,9)10/h2,4,7H,1,3H2,(H,6,12)(H,8,9,10)/p-1/t4-/m1/s1. The van der Waals surface area contributed by atoms with Gasteiger partial charge in [-0.15, -0.1) is 6.58 Å². The van der Waals surface area contributed by atoms with E-state index in [1.165, 1.54) is 6.08 Å². The summed E-state index contributed by atoms with van der Waals surface area (Å²) in [5, 5.41) is 8.93. The van der Waals surface area contributed by atoms with Crippen LogP contribution in [0.1, 0.15) is 6.42 Å². The van der Waals surface area contributed by atoms with Gasteiger partial charge >= 0.3 is 0 Å². The molecule has 8 heteroatoms. The van der Waals surface area contributed by atoms with Crippen LogP contribution in [-0.4, -0.2) is 29.2 Å². The van der Waals surface area contributed by atoms with E-state index in [1.54, 1.807) is 5.48 Å². The van der Waals surface area contributed by atoms with Crippen LogP contribution in [0.15, 0.2) is 12.7 Å². The van der Waals surface area contributed by atoms with Crippen LogP contribution in [-0.2, 0) is 14.7 Å². The summed E-state index contributed by atoms with van der Waals surface area (Å²) >= 11 is 4.52. The Bertz CT molecular complexity index is 285. The number of thiocarbonyl (C=S) groups is 1. The Morgan fingerprint density at radius 2 is 2.38 bits per heavy atom. The van der Waals surface area contributed by atoms with Crippen LogP contribution >= 0.6 is 12.2 Å². The Morgan fingerprint density at radius 1 is 1.85 bits per heavy atom. The summed E-state index contributed by atoms with van der Waals surface area (Å²) in [5.74, 6) is 0. The number of hydrogen-bond donors (Lipinski definition) is 2. The minimum Gasteiger partial charge on any atom is -0.724 e. The van der Waals surface area contributed by atoms with Gasteiger partial charge in [0.15, 0.2) is 0 Å². The van der Waals surface area contributed by atoms with Gasteiger partial charge in [0.25, 0.3) is 0 Å². The molecular formula is C5H8NO5S2-. The second-order valence-electron chi connectivity index (χ2n) is 2.02. The smallest absolute Gasteiger partial charge is 0.238 e. The molecule has 0 aromatic heterocycles. The maximum atomic E-state index is 9.91. The number of aliphatic hydroxyl groups is 1. The molecule has 0 saturated carbocycles. The molecular weight excluding hydrogens is 218 g/mol. The first-order valence-corrected chi connectivity index (χ1v) is 4.83. The van der Waals surface area contributed by atoms with Gasteiger partial charge in [-0.1, -0.05) is 18.3 Å². The van der Waals surface area contributed by atoms with E-state index in [9.17, 15) is 13.0 Å². The number of rotatable bonds is 5. The second-order valence-corrected chi connectivity index (χ2v) is 3.50. The zero-order chi connectivity index (χ0) is 10.5. The number of hydroxylamine groups is 1. The molecule has 0 amide bonds. The molecule has 0 saturated heterocycles. The third-order valence-corrected chi connectivity index (χ3v) is 1.46. The van der Waals surface area contributed by atoms with Gasteiger partial charge in [0.2, 0.25) is 10.4 Å². The fraction of sp³-hybridized carbons (Fsp3) is 0.400. The average molecular weight is 226 g/mol. The zero-order valence-corrected chi connectivity index (χ0v) is 8.10. The first-order chi connectivity index (χ1) is 5.85. The van der Waals surface area contributed by atoms with Crippen molar-refractivity contribution >= 4 is 27.6 Å². The van der Waals surface area contributed by atoms with Crippen molar-refractivity contribution < 1.29 is 22.4 Å². The normalized spacial score (nSPS) is 13.4. The second kappa shape index (κ2) is 5.25. The Labute approximate surface area is 81.1 Å². The lowest BCUT2D eigenvalue weighted by molar-refractivity contribution is 0.205. The van der Waals surface area contributed by atoms with Gasteiger partial charge in [0.05, 0.1) is 6.10 Å². The summed E-state index contributed by atoms with van der Waals surface area (Å²) in [6.07, 6.45) is 0.242. The van der Waals surface area contributed by atoms with Crippen LogP contribution < -0.4 is 5.48 Å². The van der Waals surface area contributed by atoms with Gasteiger partial charge in [-0.3, -0.25) is 0 Å². The van der Waals surface area contributed by atoms with Crippen LogP contribution in [0.3, 0.4) is 0 Å². The van der Waals surface area contributed by atoms with Gasteiger partial charge in [-0.2, -0.15) is 4.28 Å². The Morgan fingerprint density at radius 3 is 2.77 bits per heavy atom. The van der Waals surface area contributed by atoms with E-state index in [4.69, 9.17) is 5.11 Å². The Balaban J connectivity index is 3.83. The third kappa shape index (κ3) is 7.81. The fourth-order valence-electron chi connectivity index (χ4n) is 0.412. The van der Waals surface area contributed by atoms with Crippen LogP contribution in [0, 0.1) is 0 Å². The molecule has 0 spiro atoms. The minimum absolute atomic E-state index is 0.0612. The van der Waals surface area contributed by atoms with Crippen molar-refractivity contribution in [2.24, 2.45) is 0 Å². The zero-order valence-electron chi connectivity index (χ0n) is 6.47. The molecule has 1 atom stereocenters. The molecule has 0 bridgehead atoms. The lowest BCUT2D eigenvalue weighted by Crippen LogP contribution is -2.27. The topological polar surface area (TPSA) is 98.7 Å². The van der Waals surface area contributed by atoms with Crippen molar-refractivity contribution in [1.29, 1.82) is 0 Å². The third-order valence-electron chi connectivity index (χ3n) is 0.924. The molecule has 0 rings (SSSR count). The van der Waals surface area contributed by atoms with Crippen molar-refractivity contribution in [3.8, 4) is 0 Å². The summed E-state index contributed by atoms with van der Waals surface area (Å²) in [4.78, 5) is -0.105. The fourth-order valence-corrected chi connectivity index (χ4v) is 0.880. The van der Waals surface area contributed by atoms with E-state index >= 15 is 0 Å². The van der Waals surface area contributed by atoms with Crippen LogP contribution in [0.4, 0.5) is 0 Å². The highest BCUT2D eigenvalue weighted by Gasteiger charge is 2.04. The predicted molar refractivity (Wildman–Crippen MR) is 47.3 cm³/mol. The quantitative estimate of drug-likeness (QED) is 0.209. The lowest BCUT2D eigenvalue weighted by atomic mass is 10.2. The number of nitrogens with one attached hydrogen (secondary N) is 1. The summed E-state index contributed by atoms with van der Waals surface area (Å²) in [6.45, 7) is 3.26. The van der Waals surface area contributed by atoms with E-state index in [-0.39, 0.29) is 11.4 Å². The molecule has 0 unspecified atom stereocenters. The van der Waals surface area contributed by atoms with E-state index in [1.807, 2.05) is 0 Å². The van der Waals surface area contributed by atoms with E-state index in [0.717, 1.165) is 0 Å². The Kier molecular flexibility index (Phi) is 5.03. The first kappa shape index (κ1) is 12.5. The molecule has 0 aromatic carbocycles. The van der Waals surface area contributed by atoms with Gasteiger partial charge in [-0.25, -0.2) is 13.9 Å². The molecule has 6 nitrogen and oxygen atoms in total. The number of aliphatic hydroxyl groups excluding tert-OH is 1. The van der Waals surface area contributed by atoms with E-state index < -0.39 is 16.5 Å². The maximum absolute atomic E-state index is 9.91. The molecule has 0 aliphatic heterocycles. The van der Waals surface area contributed by atoms with Crippen LogP contribution in [0.2, 0.25) is 0 Å². The van der Waals surface area contributed by atoms with Gasteiger partial charge in [-0.05, 0) is 0 Å². The van der Waals surface area contributed by atoms with E-state index in [2.05, 4.69) is 23.1 Å². The molecule has 0 heterocycles. The highest BCUT2D eigenvalue weighted by molar-refractivity contribution is 7.81. The molecule has 13 heavy (non-hydrogen) atoms. The molecule has 0 aliphatic rings. The molecule has 0 fully saturated rings. The summed E-state index contributed by atoms with van der Waals surface area (Å²) in [5.41, 5.74) is 1.71. The van der Waals surface area contributed by atoms with Crippen molar-refractivity contribution in [3.05, 3.63) is 12.7 Å². The lowest BCUT2D eigenvalue weighted by Gasteiger charge is -2.11. The highest BCUT2D eigenvalue weighted by atomic mass is 32.3. The molecule has 0 aliphatic carbocycles. The predicted octanol–water partition coefficient (Wildman–Crippen LogP) is -0.768. The maximum Gasteiger partial charge on any atom is 0.238 e. The summed E-state index contributed by atoms with van der Waals surface area (Å²) < 4.78 is 33.3. The van der Waals surface area contributed by atoms with Crippen molar-refractivity contribution in [2.45, 2.75) is 12.5 Å². The molecule has 2 N–H and O–H groups in total. The van der Waals surface area contributed by atoms with Crippen LogP contribution in [0.25, 0.3) is 0 Å². The summed E-state index contributed by atoms with van der Waals surface area (Å²) in [7, 11) is -4.82. The van der Waals surface area contributed by atoms with Crippen molar-refractivity contribution in [1.82, 2.24) is 5.48 Å². The Hall–Kier alpha value is -0.540. The molecule has 0 aromatic rings. The highest BCUT2D eigenvalue weighted by Crippen LogP contribution is 1.94. The van der Waals surface area contributed by atoms with Gasteiger partial charge in [0, 0.05) is 6.42 Å². The average Bonchev–Trinajstić information content (AvgIpc) is 1.99. The van der Waals surface area contributed by atoms with Crippen LogP contribution in [0.5, 0.6) is 0 Å². The molecule has 0 radical (unpaired) electrons. The summed E-state index contributed by atoms with van der Waals surface area (Å²) in [6, 6.07) is 0. The monoisotopic (exact) mass is 226 g/mol. The first-order valence-electron chi connectivity index (χ1n) is 3.09. The number of hydrogen-bond acceptors (Lipinski definition) is 6. The molecule has 76 valence electrons. The van der Waals surface area contributed by atoms with Gasteiger partial charge in [0.1, 0.15) is 4.99 Å². The van der Waals surface area contributed by atoms with E-state index in [0.29, 0.717) is 0 Å². The van der Waals surface area contributed by atoms with Gasteiger partial charge < -0.3 is 9.66 Å². The largest absolute Gasteiger partial charge is 0.724 e.